The minimum atomic E-state index is -4.29. The Hall–Kier alpha value is -2.33. The number of aromatic nitrogens is 2. The third-order valence-electron chi connectivity index (χ3n) is 2.29. The van der Waals surface area contributed by atoms with Crippen LogP contribution in [-0.2, 0) is 10.0 Å². The molecule has 1 N–H and O–H groups in total. The molecule has 0 bridgehead atoms. The number of non-ortho nitro benzene ring substituents is 1. The van der Waals surface area contributed by atoms with Gasteiger partial charge in [-0.25, -0.2) is 12.8 Å². The van der Waals surface area contributed by atoms with Crippen molar-refractivity contribution in [3.63, 3.8) is 0 Å². The van der Waals surface area contributed by atoms with Gasteiger partial charge in [0, 0.05) is 6.07 Å². The van der Waals surface area contributed by atoms with Gasteiger partial charge in [0.1, 0.15) is 4.90 Å². The highest BCUT2D eigenvalue weighted by Crippen LogP contribution is 2.22. The summed E-state index contributed by atoms with van der Waals surface area (Å²) >= 11 is 5.50. The highest BCUT2D eigenvalue weighted by Gasteiger charge is 2.22. The van der Waals surface area contributed by atoms with Gasteiger partial charge < -0.3 is 0 Å². The van der Waals surface area contributed by atoms with Gasteiger partial charge in [0.05, 0.1) is 11.0 Å². The normalized spacial score (nSPS) is 11.1. The van der Waals surface area contributed by atoms with Crippen LogP contribution in [0.5, 0.6) is 0 Å². The van der Waals surface area contributed by atoms with Crippen molar-refractivity contribution in [2.75, 3.05) is 4.72 Å². The lowest BCUT2D eigenvalue weighted by Crippen LogP contribution is -2.15. The molecule has 11 heteroatoms. The van der Waals surface area contributed by atoms with E-state index in [0.717, 1.165) is 12.1 Å². The number of nitrogens with zero attached hydrogens (tertiary/aromatic N) is 3. The van der Waals surface area contributed by atoms with Gasteiger partial charge in [-0.3, -0.25) is 14.8 Å². The molecule has 1 aromatic heterocycles. The predicted molar refractivity (Wildman–Crippen MR) is 70.9 cm³/mol. The van der Waals surface area contributed by atoms with E-state index in [1.807, 2.05) is 4.72 Å². The standard InChI is InChI=1S/C10H6ClFN4O4S/c11-9-3-4-10(14-13-9)15-21(19,20)8-2-1-6(16(17)18)5-7(8)12/h1-5H,(H,14,15). The second-order valence-electron chi connectivity index (χ2n) is 3.72. The Morgan fingerprint density at radius 3 is 2.48 bits per heavy atom. The number of hydrogen-bond acceptors (Lipinski definition) is 6. The van der Waals surface area contributed by atoms with Crippen LogP contribution in [0.15, 0.2) is 35.2 Å². The minimum absolute atomic E-state index is 0.0551. The van der Waals surface area contributed by atoms with E-state index in [2.05, 4.69) is 10.2 Å². The maximum absolute atomic E-state index is 13.7. The monoisotopic (exact) mass is 332 g/mol. The second kappa shape index (κ2) is 5.58. The Labute approximate surface area is 122 Å². The van der Waals surface area contributed by atoms with Crippen molar-refractivity contribution >= 4 is 33.1 Å². The van der Waals surface area contributed by atoms with E-state index in [1.165, 1.54) is 12.1 Å². The van der Waals surface area contributed by atoms with E-state index >= 15 is 0 Å². The number of hydrogen-bond donors (Lipinski definition) is 1. The van der Waals surface area contributed by atoms with Crippen molar-refractivity contribution in [2.45, 2.75) is 4.90 Å². The highest BCUT2D eigenvalue weighted by molar-refractivity contribution is 7.92. The van der Waals surface area contributed by atoms with Crippen LogP contribution in [0.25, 0.3) is 0 Å². The summed E-state index contributed by atoms with van der Waals surface area (Å²) in [6.45, 7) is 0. The van der Waals surface area contributed by atoms with Crippen molar-refractivity contribution in [1.29, 1.82) is 0 Å². The molecule has 0 spiro atoms. The Kier molecular flexibility index (Phi) is 4.00. The van der Waals surface area contributed by atoms with Crippen LogP contribution in [0, 0.1) is 15.9 Å². The molecule has 0 saturated carbocycles. The summed E-state index contributed by atoms with van der Waals surface area (Å²) in [6, 6.07) is 4.71. The number of rotatable bonds is 4. The molecule has 0 radical (unpaired) electrons. The molecule has 0 aliphatic carbocycles. The number of nitro benzene ring substituents is 1. The van der Waals surface area contributed by atoms with Crippen LogP contribution in [0.1, 0.15) is 0 Å². The molecule has 2 rings (SSSR count). The molecule has 0 atom stereocenters. The molecule has 0 fully saturated rings. The first-order valence-electron chi connectivity index (χ1n) is 5.25. The SMILES string of the molecule is O=[N+]([O-])c1ccc(S(=O)(=O)Nc2ccc(Cl)nn2)c(F)c1. The Morgan fingerprint density at radius 2 is 1.95 bits per heavy atom. The van der Waals surface area contributed by atoms with E-state index in [1.54, 1.807) is 0 Å². The highest BCUT2D eigenvalue weighted by atomic mass is 35.5. The molecule has 2 aromatic rings. The maximum Gasteiger partial charge on any atom is 0.272 e. The molecule has 8 nitrogen and oxygen atoms in total. The topological polar surface area (TPSA) is 115 Å². The first-order valence-corrected chi connectivity index (χ1v) is 7.12. The van der Waals surface area contributed by atoms with Gasteiger partial charge >= 0.3 is 0 Å². The lowest BCUT2D eigenvalue weighted by atomic mass is 10.3. The third kappa shape index (κ3) is 3.41. The largest absolute Gasteiger partial charge is 0.272 e. The molecule has 110 valence electrons. The van der Waals surface area contributed by atoms with Crippen LogP contribution >= 0.6 is 11.6 Å². The van der Waals surface area contributed by atoms with Crippen molar-refractivity contribution in [3.8, 4) is 0 Å². The van der Waals surface area contributed by atoms with Crippen LogP contribution in [0.3, 0.4) is 0 Å². The van der Waals surface area contributed by atoms with Gasteiger partial charge in [-0.1, -0.05) is 11.6 Å². The molecule has 0 aliphatic heterocycles. The van der Waals surface area contributed by atoms with Gasteiger partial charge in [-0.15, -0.1) is 10.2 Å². The zero-order valence-corrected chi connectivity index (χ0v) is 11.6. The molecule has 1 heterocycles. The third-order valence-corrected chi connectivity index (χ3v) is 3.88. The summed E-state index contributed by atoms with van der Waals surface area (Å²) < 4.78 is 39.6. The Balaban J connectivity index is 2.35. The fourth-order valence-electron chi connectivity index (χ4n) is 1.38. The fraction of sp³-hybridized carbons (Fsp3) is 0. The van der Waals surface area contributed by atoms with Crippen molar-refractivity contribution in [2.24, 2.45) is 0 Å². The lowest BCUT2D eigenvalue weighted by molar-refractivity contribution is -0.385. The van der Waals surface area contributed by atoms with E-state index in [4.69, 9.17) is 11.6 Å². The van der Waals surface area contributed by atoms with Gasteiger partial charge in [0.15, 0.2) is 16.8 Å². The zero-order valence-electron chi connectivity index (χ0n) is 10.0. The van der Waals surface area contributed by atoms with Crippen LogP contribution in [-0.4, -0.2) is 23.5 Å². The first kappa shape index (κ1) is 15.1. The molecule has 0 unspecified atom stereocenters. The number of sulfonamides is 1. The molecular formula is C10H6ClFN4O4S. The van der Waals surface area contributed by atoms with Crippen molar-refractivity contribution < 1.29 is 17.7 Å². The average molecular weight is 333 g/mol. The van der Waals surface area contributed by atoms with E-state index in [9.17, 15) is 22.9 Å². The van der Waals surface area contributed by atoms with E-state index < -0.39 is 31.3 Å². The minimum Gasteiger partial charge on any atom is -0.262 e. The van der Waals surface area contributed by atoms with Gasteiger partial charge in [0.2, 0.25) is 0 Å². The maximum atomic E-state index is 13.7. The first-order chi connectivity index (χ1) is 9.79. The summed E-state index contributed by atoms with van der Waals surface area (Å²) in [5.74, 6) is -1.42. The molecule has 1 aromatic carbocycles. The van der Waals surface area contributed by atoms with Gasteiger partial charge in [-0.2, -0.15) is 0 Å². The quantitative estimate of drug-likeness (QED) is 0.676. The fourth-order valence-corrected chi connectivity index (χ4v) is 2.54. The number of nitro groups is 1. The predicted octanol–water partition coefficient (Wildman–Crippen LogP) is 1.98. The number of benzene rings is 1. The van der Waals surface area contributed by atoms with Crippen LogP contribution in [0.2, 0.25) is 5.15 Å². The summed E-state index contributed by atoms with van der Waals surface area (Å²) in [4.78, 5) is 8.90. The zero-order chi connectivity index (χ0) is 15.6. The Morgan fingerprint density at radius 1 is 1.24 bits per heavy atom. The molecule has 0 aliphatic rings. The van der Waals surface area contributed by atoms with E-state index in [0.29, 0.717) is 6.07 Å². The summed E-state index contributed by atoms with van der Waals surface area (Å²) in [7, 11) is -4.29. The Bertz CT molecular complexity index is 797. The van der Waals surface area contributed by atoms with Crippen LogP contribution < -0.4 is 4.72 Å². The summed E-state index contributed by atoms with van der Waals surface area (Å²) in [6.07, 6.45) is 0. The number of anilines is 1. The number of halogens is 2. The second-order valence-corrected chi connectivity index (χ2v) is 5.76. The summed E-state index contributed by atoms with van der Waals surface area (Å²) in [5.41, 5.74) is -0.558. The molecule has 0 amide bonds. The van der Waals surface area contributed by atoms with Gasteiger partial charge in [0.25, 0.3) is 15.7 Å². The smallest absolute Gasteiger partial charge is 0.262 e. The lowest BCUT2D eigenvalue weighted by Gasteiger charge is -2.07. The average Bonchev–Trinajstić information content (AvgIpc) is 2.40. The van der Waals surface area contributed by atoms with Crippen molar-refractivity contribution in [1.82, 2.24) is 10.2 Å². The van der Waals surface area contributed by atoms with E-state index in [-0.39, 0.29) is 11.0 Å². The van der Waals surface area contributed by atoms with Gasteiger partial charge in [-0.05, 0) is 18.2 Å². The summed E-state index contributed by atoms with van der Waals surface area (Å²) in [5, 5.41) is 17.4. The number of nitrogens with one attached hydrogen (secondary N) is 1. The molecular weight excluding hydrogens is 327 g/mol. The molecule has 21 heavy (non-hydrogen) atoms. The van der Waals surface area contributed by atoms with Crippen LogP contribution in [0.4, 0.5) is 15.9 Å². The molecule has 0 saturated heterocycles. The van der Waals surface area contributed by atoms with Crippen molar-refractivity contribution in [3.05, 3.63) is 51.4 Å².